The Bertz CT molecular complexity index is 3590. The molecule has 4 heterocycles. The van der Waals surface area contributed by atoms with Gasteiger partial charge in [-0.1, -0.05) is 16.8 Å². The van der Waals surface area contributed by atoms with E-state index in [0.717, 1.165) is 16.2 Å². The third-order valence-corrected chi connectivity index (χ3v) is 80.9. The van der Waals surface area contributed by atoms with Crippen molar-refractivity contribution in [3.8, 4) is 0 Å². The second-order valence-electron chi connectivity index (χ2n) is 9.61. The van der Waals surface area contributed by atoms with Crippen molar-refractivity contribution < 1.29 is 27.5 Å². The Morgan fingerprint density at radius 1 is 0.708 bits per heavy atom. The van der Waals surface area contributed by atoms with Crippen LogP contribution in [0.4, 0.5) is 13.2 Å². The lowest BCUT2D eigenvalue weighted by molar-refractivity contribution is -0.200. The highest BCUT2D eigenvalue weighted by atomic mass is 35.5. The van der Waals surface area contributed by atoms with E-state index in [-0.39, 0.29) is 30.9 Å². The van der Waals surface area contributed by atoms with Crippen molar-refractivity contribution in [3.05, 3.63) is 32.7 Å². The summed E-state index contributed by atoms with van der Waals surface area (Å²) in [5.74, 6) is -2.16. The smallest absolute Gasteiger partial charge is 0.362 e. The normalized spacial score (nSPS) is 16.5. The first-order chi connectivity index (χ1) is 31.4. The molecule has 0 N–H and O–H groups in total. The third-order valence-electron chi connectivity index (χ3n) is 6.24. The minimum Gasteiger partial charge on any atom is -0.362 e. The highest BCUT2D eigenvalue weighted by Crippen LogP contribution is 2.52. The third kappa shape index (κ3) is 27.7. The van der Waals surface area contributed by atoms with Crippen LogP contribution in [0, 0.1) is 0 Å². The van der Waals surface area contributed by atoms with Gasteiger partial charge in [-0.2, -0.15) is 13.2 Å². The molecule has 3 atom stereocenters. The monoisotopic (exact) mass is 1600 g/mol. The summed E-state index contributed by atoms with van der Waals surface area (Å²) in [6.07, 6.45) is -3.45. The number of likely N-dealkylation sites (tertiary alicyclic amines) is 1. The van der Waals surface area contributed by atoms with Gasteiger partial charge in [0.25, 0.3) is 0 Å². The number of amides is 1. The fraction of sp³-hybridized carbons (Fsp3) is 0.529. The lowest BCUT2D eigenvalue weighted by atomic mass is 9.75. The largest absolute Gasteiger partial charge is 0.471 e. The molecule has 0 aromatic carbocycles. The SMILES string of the molecule is C[C@H]1C[C@@]2(C[C@@H](c3cn(C)nn3)N1C(=O)C(F)(F)F)OCC(=O)c1sc(Cl)cc12.S=S=S=S=S=S=S=S=S=S=S=S=S=S=S=S=S=S=S=S=S=S=S=S=S=S=S=S=S=S=S=S=S=S=S=S. The summed E-state index contributed by atoms with van der Waals surface area (Å²) in [6.45, 7) is 1.33. The van der Waals surface area contributed by atoms with Crippen molar-refractivity contribution in [3.63, 3.8) is 0 Å². The van der Waals surface area contributed by atoms with E-state index in [4.69, 9.17) is 38.7 Å². The van der Waals surface area contributed by atoms with E-state index in [0.29, 0.717) is 14.8 Å². The van der Waals surface area contributed by atoms with Gasteiger partial charge in [0, 0.05) is 356 Å². The van der Waals surface area contributed by atoms with Crippen molar-refractivity contribution >= 4 is 359 Å². The van der Waals surface area contributed by atoms with Gasteiger partial charge < -0.3 is 9.64 Å². The van der Waals surface area contributed by atoms with Crippen LogP contribution in [0.15, 0.2) is 12.3 Å². The van der Waals surface area contributed by atoms with Crippen molar-refractivity contribution in [2.75, 3.05) is 6.61 Å². The van der Waals surface area contributed by atoms with E-state index >= 15 is 0 Å². The van der Waals surface area contributed by atoms with Crippen LogP contribution >= 0.6 is 22.9 Å². The topological polar surface area (TPSA) is 77.3 Å². The van der Waals surface area contributed by atoms with E-state index in [1.807, 2.05) is 178 Å². The number of fused-ring (bicyclic) bond motifs is 2. The Balaban J connectivity index is 0.000000351. The zero-order chi connectivity index (χ0) is 47.2. The van der Waals surface area contributed by atoms with Gasteiger partial charge in [0.05, 0.1) is 27.1 Å². The van der Waals surface area contributed by atoms with E-state index in [2.05, 4.69) is 10.3 Å². The molecule has 1 spiro atoms. The lowest BCUT2D eigenvalue weighted by Gasteiger charge is -2.50. The molecular formula is C17H16ClF3N4O3S37. The van der Waals surface area contributed by atoms with Gasteiger partial charge in [-0.15, -0.1) is 16.4 Å². The molecule has 65 heavy (non-hydrogen) atoms. The number of hydrogen-bond acceptors (Lipinski definition) is 8. The van der Waals surface area contributed by atoms with Gasteiger partial charge in [0.15, 0.2) is 5.78 Å². The number of Topliss-reactive ketones (excluding diaryl/α,β-unsaturated/α-hetero) is 1. The fourth-order valence-electron chi connectivity index (χ4n) is 4.58. The fourth-order valence-corrected chi connectivity index (χ4v) is 93.6. The van der Waals surface area contributed by atoms with Gasteiger partial charge in [0.2, 0.25) is 0 Å². The molecule has 1 saturated heterocycles. The zero-order valence-electron chi connectivity index (χ0n) is 30.1. The molecule has 4 rings (SSSR count). The van der Waals surface area contributed by atoms with Crippen LogP contribution < -0.4 is 0 Å². The number of piperidine rings is 1. The van der Waals surface area contributed by atoms with Gasteiger partial charge in [0.1, 0.15) is 12.3 Å². The Morgan fingerprint density at radius 3 is 1.40 bits per heavy atom. The molecule has 0 aliphatic carbocycles. The number of ketones is 1. The minimum absolute atomic E-state index is 0.00515. The maximum atomic E-state index is 13.3. The number of nitrogens with zero attached hydrogens (tertiary/aromatic N) is 4. The second kappa shape index (κ2) is 40.2. The number of aryl methyl sites for hydroxylation is 1. The standard InChI is InChI=1S/C17H16ClF3N4O3S.S36/c1-8-4-16(9-3-13(18)29-14(9)12(26)7-28-16)5-11(10-6-24(2)23-22-10)25(8)15(27)17(19,20)21;1-3-5-7-9-11-13-15-17-19-21-23-25-27-29-31-33-35-36-34-32-30-28-26-24-22-20-18-16-14-12-10-8-6-4-2/h3,6,8,11H,4-5,7H2,1-2H3;/t8-,11-,16-;/m0./s1. The average molecular weight is 1600 g/mol. The van der Waals surface area contributed by atoms with Crippen molar-refractivity contribution in [1.29, 1.82) is 0 Å². The van der Waals surface area contributed by atoms with Crippen molar-refractivity contribution in [2.24, 2.45) is 7.05 Å². The predicted octanol–water partition coefficient (Wildman–Crippen LogP) is 3.17. The number of carbonyl (C=O) groups is 2. The van der Waals surface area contributed by atoms with Crippen LogP contribution in [-0.2, 0) is 346 Å². The van der Waals surface area contributed by atoms with E-state index in [1.165, 1.54) is 35.6 Å². The molecular weight excluding hydrogens is 1590 g/mol. The van der Waals surface area contributed by atoms with Crippen LogP contribution in [0.2, 0.25) is 4.34 Å². The molecule has 0 unspecified atom stereocenters. The number of hydrogen-bond donors (Lipinski definition) is 0. The number of ether oxygens (including phenoxy) is 1. The molecule has 2 aliphatic rings. The van der Waals surface area contributed by atoms with Crippen LogP contribution in [0.3, 0.4) is 0 Å². The summed E-state index contributed by atoms with van der Waals surface area (Å²) >= 11 is 16.8. The average Bonchev–Trinajstić information content (AvgIpc) is 3.91. The molecule has 0 bridgehead atoms. The number of halogens is 4. The van der Waals surface area contributed by atoms with E-state index in [1.54, 1.807) is 120 Å². The number of carbonyl (C=O) groups excluding carboxylic acids is 2. The maximum absolute atomic E-state index is 13.3. The summed E-state index contributed by atoms with van der Waals surface area (Å²) < 4.78 is 47.6. The molecule has 2 aliphatic heterocycles. The first-order valence-electron chi connectivity index (χ1n) is 14.6. The molecule has 0 radical (unpaired) electrons. The highest BCUT2D eigenvalue weighted by Gasteiger charge is 2.55. The zero-order valence-corrected chi connectivity index (χ0v) is 61.0. The summed E-state index contributed by atoms with van der Waals surface area (Å²) in [6, 6.07) is -0.230. The Morgan fingerprint density at radius 2 is 1.08 bits per heavy atom. The molecule has 1 amide bonds. The Hall–Kier alpha value is 5.94. The maximum Gasteiger partial charge on any atom is 0.471 e. The molecule has 2 aromatic heterocycles. The molecule has 7 nitrogen and oxygen atoms in total. The summed E-state index contributed by atoms with van der Waals surface area (Å²) in [5, 5.41) is 7.75. The van der Waals surface area contributed by atoms with Crippen molar-refractivity contribution in [1.82, 2.24) is 19.9 Å². The van der Waals surface area contributed by atoms with Crippen LogP contribution in [0.1, 0.15) is 46.7 Å². The van der Waals surface area contributed by atoms with E-state index in [9.17, 15) is 22.8 Å². The number of thiophene rings is 1. The summed E-state index contributed by atoms with van der Waals surface area (Å²) in [5.41, 5.74) is -0.264. The number of aromatic nitrogens is 3. The Kier molecular flexibility index (Phi) is 40.3. The molecule has 2 aromatic rings. The number of rotatable bonds is 1. The Labute approximate surface area is 485 Å². The van der Waals surface area contributed by atoms with Gasteiger partial charge in [-0.25, -0.2) is 0 Å². The van der Waals surface area contributed by atoms with E-state index < -0.39 is 29.8 Å². The van der Waals surface area contributed by atoms with Crippen LogP contribution in [0.25, 0.3) is 0 Å². The highest BCUT2D eigenvalue weighted by molar-refractivity contribution is 8.80. The molecule has 0 saturated carbocycles. The first-order valence-corrected chi connectivity index (χ1v) is 62.4. The van der Waals surface area contributed by atoms with Crippen LogP contribution in [0.5, 0.6) is 0 Å². The minimum atomic E-state index is -5.03. The van der Waals surface area contributed by atoms with Crippen LogP contribution in [-0.4, -0.2) is 50.4 Å². The van der Waals surface area contributed by atoms with Gasteiger partial charge in [-0.05, 0) is 13.0 Å². The first kappa shape index (κ1) is 65.2. The van der Waals surface area contributed by atoms with Crippen molar-refractivity contribution in [2.45, 2.75) is 43.6 Å². The predicted molar refractivity (Wildman–Crippen MR) is 362 cm³/mol. The van der Waals surface area contributed by atoms with Gasteiger partial charge in [-0.3, -0.25) is 14.3 Å². The lowest BCUT2D eigenvalue weighted by Crippen LogP contribution is -2.57. The quantitative estimate of drug-likeness (QED) is 0.435. The molecule has 1 fully saturated rings. The molecule has 372 valence electrons. The number of alkyl halides is 3. The second-order valence-corrected chi connectivity index (χ2v) is 71.4. The molecule has 48 heteroatoms. The summed E-state index contributed by atoms with van der Waals surface area (Å²) in [7, 11) is 61.7. The summed E-state index contributed by atoms with van der Waals surface area (Å²) in [4.78, 5) is 25.7. The van der Waals surface area contributed by atoms with Gasteiger partial charge >= 0.3 is 12.1 Å².